The summed E-state index contributed by atoms with van der Waals surface area (Å²) in [5, 5.41) is 2.86. The van der Waals surface area contributed by atoms with Gasteiger partial charge in [0.15, 0.2) is 0 Å². The van der Waals surface area contributed by atoms with Crippen molar-refractivity contribution in [2.24, 2.45) is 5.92 Å². The Morgan fingerprint density at radius 2 is 2.35 bits per heavy atom. The van der Waals surface area contributed by atoms with Crippen LogP contribution in [0.2, 0.25) is 0 Å². The normalized spacial score (nSPS) is 32.0. The van der Waals surface area contributed by atoms with Crippen molar-refractivity contribution in [3.8, 4) is 0 Å². The molecule has 0 unspecified atom stereocenters. The summed E-state index contributed by atoms with van der Waals surface area (Å²) in [5.74, 6) is -1.11. The molecular weight excluding hydrogens is 299 g/mol. The van der Waals surface area contributed by atoms with Gasteiger partial charge in [0.2, 0.25) is 5.91 Å². The zero-order valence-corrected chi connectivity index (χ0v) is 13.0. The van der Waals surface area contributed by atoms with Gasteiger partial charge in [-0.1, -0.05) is 0 Å². The molecule has 2 fully saturated rings. The highest BCUT2D eigenvalue weighted by atomic mass is 19.1. The number of amides is 1. The minimum atomic E-state index is -0.934. The highest BCUT2D eigenvalue weighted by Gasteiger charge is 2.63. The Morgan fingerprint density at radius 3 is 3.13 bits per heavy atom. The summed E-state index contributed by atoms with van der Waals surface area (Å²) in [6.45, 7) is 2.85. The topological polar surface area (TPSA) is 58.6 Å². The maximum Gasteiger partial charge on any atom is 0.310 e. The molecule has 0 bridgehead atoms. The number of carbonyl (C=O) groups excluding carboxylic acids is 2. The Labute approximate surface area is 133 Å². The third-order valence-electron chi connectivity index (χ3n) is 5.41. The van der Waals surface area contributed by atoms with E-state index in [1.165, 1.54) is 12.1 Å². The van der Waals surface area contributed by atoms with Gasteiger partial charge in [-0.25, -0.2) is 4.39 Å². The Morgan fingerprint density at radius 1 is 1.52 bits per heavy atom. The van der Waals surface area contributed by atoms with Crippen molar-refractivity contribution in [1.29, 1.82) is 0 Å². The molecule has 3 aliphatic heterocycles. The zero-order valence-electron chi connectivity index (χ0n) is 13.0. The van der Waals surface area contributed by atoms with E-state index in [0.29, 0.717) is 24.3 Å². The number of hydrogen-bond acceptors (Lipinski definition) is 4. The molecule has 0 aromatic heterocycles. The Hall–Kier alpha value is -1.95. The molecule has 0 radical (unpaired) electrons. The maximum absolute atomic E-state index is 13.8. The molecule has 3 atom stereocenters. The predicted molar refractivity (Wildman–Crippen MR) is 81.2 cm³/mol. The van der Waals surface area contributed by atoms with Gasteiger partial charge in [-0.05, 0) is 50.9 Å². The van der Waals surface area contributed by atoms with Crippen molar-refractivity contribution in [3.63, 3.8) is 0 Å². The van der Waals surface area contributed by atoms with Crippen LogP contribution in [0, 0.1) is 11.7 Å². The van der Waals surface area contributed by atoms with Gasteiger partial charge in [-0.15, -0.1) is 0 Å². The summed E-state index contributed by atoms with van der Waals surface area (Å²) < 4.78 is 19.0. The number of carbonyl (C=O) groups is 2. The van der Waals surface area contributed by atoms with Crippen LogP contribution in [0.4, 0.5) is 10.1 Å². The van der Waals surface area contributed by atoms with Gasteiger partial charge in [-0.3, -0.25) is 14.5 Å². The largest absolute Gasteiger partial charge is 0.466 e. The number of benzene rings is 1. The second kappa shape index (κ2) is 5.03. The molecule has 0 aliphatic carbocycles. The summed E-state index contributed by atoms with van der Waals surface area (Å²) in [6.07, 6.45) is 2.15. The molecule has 4 rings (SSSR count). The molecule has 1 amide bonds. The van der Waals surface area contributed by atoms with Crippen LogP contribution in [0.5, 0.6) is 0 Å². The summed E-state index contributed by atoms with van der Waals surface area (Å²) in [6, 6.07) is 4.36. The van der Waals surface area contributed by atoms with E-state index in [4.69, 9.17) is 4.74 Å². The van der Waals surface area contributed by atoms with Crippen LogP contribution in [0.3, 0.4) is 0 Å². The first-order chi connectivity index (χ1) is 11.1. The van der Waals surface area contributed by atoms with Gasteiger partial charge >= 0.3 is 5.97 Å². The van der Waals surface area contributed by atoms with Crippen molar-refractivity contribution in [1.82, 2.24) is 4.90 Å². The predicted octanol–water partition coefficient (Wildman–Crippen LogP) is 2.02. The van der Waals surface area contributed by atoms with Gasteiger partial charge in [0.1, 0.15) is 11.4 Å². The van der Waals surface area contributed by atoms with Crippen LogP contribution in [0.1, 0.15) is 31.7 Å². The van der Waals surface area contributed by atoms with Crippen LogP contribution >= 0.6 is 0 Å². The molecule has 0 saturated carbocycles. The third kappa shape index (κ3) is 1.87. The fraction of sp³-hybridized carbons (Fsp3) is 0.529. The highest BCUT2D eigenvalue weighted by molar-refractivity contribution is 6.06. The third-order valence-corrected chi connectivity index (χ3v) is 5.41. The number of ether oxygens (including phenoxy) is 1. The van der Waals surface area contributed by atoms with Crippen molar-refractivity contribution >= 4 is 17.6 Å². The minimum absolute atomic E-state index is 0.00554. The number of nitrogens with one attached hydrogen (secondary N) is 1. The SMILES string of the molecule is CCOC(=O)[C@@H]1C[C@@]2(C(=O)Nc3ccc(F)cc32)N2CCC[C@@H]12. The molecule has 122 valence electrons. The van der Waals surface area contributed by atoms with E-state index in [-0.39, 0.29) is 29.7 Å². The Balaban J connectivity index is 1.81. The van der Waals surface area contributed by atoms with Gasteiger partial charge in [0.25, 0.3) is 0 Å². The molecular formula is C17H19FN2O3. The first-order valence-corrected chi connectivity index (χ1v) is 8.13. The van der Waals surface area contributed by atoms with E-state index in [2.05, 4.69) is 10.2 Å². The van der Waals surface area contributed by atoms with Gasteiger partial charge in [-0.2, -0.15) is 0 Å². The van der Waals surface area contributed by atoms with E-state index in [1.807, 2.05) is 0 Å². The van der Waals surface area contributed by atoms with Crippen molar-refractivity contribution < 1.29 is 18.7 Å². The number of hydrogen-bond donors (Lipinski definition) is 1. The van der Waals surface area contributed by atoms with Crippen molar-refractivity contribution in [2.45, 2.75) is 37.8 Å². The van der Waals surface area contributed by atoms with Gasteiger partial charge < -0.3 is 10.1 Å². The molecule has 3 heterocycles. The number of fused-ring (bicyclic) bond motifs is 4. The first kappa shape index (κ1) is 14.6. The molecule has 5 nitrogen and oxygen atoms in total. The van der Waals surface area contributed by atoms with E-state index >= 15 is 0 Å². The lowest BCUT2D eigenvalue weighted by atomic mass is 9.84. The average molecular weight is 318 g/mol. The van der Waals surface area contributed by atoms with E-state index in [0.717, 1.165) is 19.4 Å². The fourth-order valence-corrected chi connectivity index (χ4v) is 4.55. The lowest BCUT2D eigenvalue weighted by molar-refractivity contribution is -0.148. The Bertz CT molecular complexity index is 692. The smallest absolute Gasteiger partial charge is 0.310 e. The number of halogens is 1. The summed E-state index contributed by atoms with van der Waals surface area (Å²) >= 11 is 0. The molecule has 23 heavy (non-hydrogen) atoms. The van der Waals surface area contributed by atoms with Crippen LogP contribution in [-0.4, -0.2) is 36.0 Å². The molecule has 1 N–H and O–H groups in total. The fourth-order valence-electron chi connectivity index (χ4n) is 4.55. The van der Waals surface area contributed by atoms with Gasteiger partial charge in [0.05, 0.1) is 12.5 Å². The molecule has 1 spiro atoms. The maximum atomic E-state index is 13.8. The summed E-state index contributed by atoms with van der Waals surface area (Å²) in [7, 11) is 0. The van der Waals surface area contributed by atoms with E-state index in [9.17, 15) is 14.0 Å². The van der Waals surface area contributed by atoms with Crippen LogP contribution in [0.25, 0.3) is 0 Å². The number of esters is 1. The summed E-state index contributed by atoms with van der Waals surface area (Å²) in [5.41, 5.74) is 0.364. The molecule has 2 saturated heterocycles. The van der Waals surface area contributed by atoms with E-state index in [1.54, 1.807) is 13.0 Å². The second-order valence-corrected chi connectivity index (χ2v) is 6.47. The van der Waals surface area contributed by atoms with Crippen LogP contribution in [-0.2, 0) is 19.9 Å². The molecule has 6 heteroatoms. The van der Waals surface area contributed by atoms with Crippen LogP contribution < -0.4 is 5.32 Å². The molecule has 1 aromatic rings. The van der Waals surface area contributed by atoms with Crippen LogP contribution in [0.15, 0.2) is 18.2 Å². The second-order valence-electron chi connectivity index (χ2n) is 6.47. The van der Waals surface area contributed by atoms with Crippen molar-refractivity contribution in [3.05, 3.63) is 29.6 Å². The first-order valence-electron chi connectivity index (χ1n) is 8.13. The molecule has 3 aliphatic rings. The highest BCUT2D eigenvalue weighted by Crippen LogP contribution is 2.54. The lowest BCUT2D eigenvalue weighted by Crippen LogP contribution is -2.47. The number of anilines is 1. The monoisotopic (exact) mass is 318 g/mol. The number of rotatable bonds is 2. The average Bonchev–Trinajstić information content (AvgIpc) is 3.16. The summed E-state index contributed by atoms with van der Waals surface area (Å²) in [4.78, 5) is 27.3. The lowest BCUT2D eigenvalue weighted by Gasteiger charge is -2.32. The minimum Gasteiger partial charge on any atom is -0.466 e. The quantitative estimate of drug-likeness (QED) is 0.848. The standard InChI is InChI=1S/C17H19FN2O3/c1-2-23-15(21)11-9-17(20-7-3-4-14(11)20)12-8-10(18)5-6-13(12)19-16(17)22/h5-6,8,11,14H,2-4,7,9H2,1H3,(H,19,22)/t11-,14+,17-/m1/s1. The Kier molecular flexibility index (Phi) is 3.20. The van der Waals surface area contributed by atoms with Gasteiger partial charge in [0, 0.05) is 17.3 Å². The van der Waals surface area contributed by atoms with Crippen molar-refractivity contribution in [2.75, 3.05) is 18.5 Å². The molecule has 1 aromatic carbocycles. The van der Waals surface area contributed by atoms with E-state index < -0.39 is 5.54 Å². The zero-order chi connectivity index (χ0) is 16.2. The number of nitrogens with zero attached hydrogens (tertiary/aromatic N) is 1.